The van der Waals surface area contributed by atoms with Crippen LogP contribution in [0, 0.1) is 0 Å². The van der Waals surface area contributed by atoms with Gasteiger partial charge < -0.3 is 10.5 Å². The van der Waals surface area contributed by atoms with E-state index in [9.17, 15) is 9.59 Å². The Kier molecular flexibility index (Phi) is 6.69. The number of nitrogens with two attached hydrogens (primary N) is 1. The van der Waals surface area contributed by atoms with E-state index in [1.807, 2.05) is 0 Å². The van der Waals surface area contributed by atoms with Crippen LogP contribution in [0.15, 0.2) is 0 Å². The Morgan fingerprint density at radius 1 is 1.50 bits per heavy atom. The number of esters is 1. The number of hydrogen-bond acceptors (Lipinski definition) is 5. The lowest BCUT2D eigenvalue weighted by atomic mass is 10.1. The number of amides is 1. The summed E-state index contributed by atoms with van der Waals surface area (Å²) in [5, 5.41) is 0. The SMILES string of the molecule is CCOC(=O)[C@H](CCC(N)=O)NNC. The van der Waals surface area contributed by atoms with Gasteiger partial charge in [0.1, 0.15) is 6.04 Å². The van der Waals surface area contributed by atoms with Crippen LogP contribution in [0.4, 0.5) is 0 Å². The van der Waals surface area contributed by atoms with Crippen LogP contribution in [-0.2, 0) is 14.3 Å². The minimum absolute atomic E-state index is 0.151. The van der Waals surface area contributed by atoms with E-state index >= 15 is 0 Å². The zero-order chi connectivity index (χ0) is 11.0. The fraction of sp³-hybridized carbons (Fsp3) is 0.750. The molecular weight excluding hydrogens is 186 g/mol. The minimum atomic E-state index is -0.535. The van der Waals surface area contributed by atoms with Crippen molar-refractivity contribution in [2.24, 2.45) is 5.73 Å². The first-order chi connectivity index (χ1) is 6.61. The topological polar surface area (TPSA) is 93.5 Å². The number of nitrogens with one attached hydrogen (secondary N) is 2. The maximum atomic E-state index is 11.3. The summed E-state index contributed by atoms with van der Waals surface area (Å²) < 4.78 is 4.80. The molecule has 0 aliphatic heterocycles. The number of primary amides is 1. The summed E-state index contributed by atoms with van der Waals surface area (Å²) in [7, 11) is 1.64. The Balaban J connectivity index is 3.99. The van der Waals surface area contributed by atoms with E-state index in [0.29, 0.717) is 13.0 Å². The number of carbonyl (C=O) groups excluding carboxylic acids is 2. The van der Waals surface area contributed by atoms with Gasteiger partial charge >= 0.3 is 5.97 Å². The minimum Gasteiger partial charge on any atom is -0.465 e. The molecular formula is C8H17N3O3. The van der Waals surface area contributed by atoms with Crippen molar-refractivity contribution in [2.45, 2.75) is 25.8 Å². The normalized spacial score (nSPS) is 12.1. The van der Waals surface area contributed by atoms with Gasteiger partial charge in [0.15, 0.2) is 0 Å². The summed E-state index contributed by atoms with van der Waals surface area (Å²) in [6.07, 6.45) is 0.479. The highest BCUT2D eigenvalue weighted by atomic mass is 16.5. The molecule has 4 N–H and O–H groups in total. The molecule has 0 aromatic carbocycles. The maximum Gasteiger partial charge on any atom is 0.324 e. The van der Waals surface area contributed by atoms with Crippen molar-refractivity contribution in [2.75, 3.05) is 13.7 Å². The van der Waals surface area contributed by atoms with Crippen LogP contribution in [-0.4, -0.2) is 31.6 Å². The van der Waals surface area contributed by atoms with Crippen molar-refractivity contribution in [3.63, 3.8) is 0 Å². The Hall–Kier alpha value is -1.14. The van der Waals surface area contributed by atoms with Crippen LogP contribution >= 0.6 is 0 Å². The second-order valence-corrected chi connectivity index (χ2v) is 2.70. The fourth-order valence-corrected chi connectivity index (χ4v) is 0.953. The predicted octanol–water partition coefficient (Wildman–Crippen LogP) is -1.09. The third-order valence-corrected chi connectivity index (χ3v) is 1.57. The van der Waals surface area contributed by atoms with Gasteiger partial charge in [-0.3, -0.25) is 15.0 Å². The van der Waals surface area contributed by atoms with Crippen molar-refractivity contribution < 1.29 is 14.3 Å². The van der Waals surface area contributed by atoms with Crippen molar-refractivity contribution >= 4 is 11.9 Å². The first kappa shape index (κ1) is 12.9. The number of hydrogen-bond donors (Lipinski definition) is 3. The Morgan fingerprint density at radius 3 is 2.57 bits per heavy atom. The van der Waals surface area contributed by atoms with Gasteiger partial charge in [0.2, 0.25) is 5.91 Å². The van der Waals surface area contributed by atoms with E-state index < -0.39 is 11.9 Å². The summed E-state index contributed by atoms with van der Waals surface area (Å²) in [6.45, 7) is 2.04. The van der Waals surface area contributed by atoms with Crippen LogP contribution in [0.5, 0.6) is 0 Å². The molecule has 0 unspecified atom stereocenters. The fourth-order valence-electron chi connectivity index (χ4n) is 0.953. The molecule has 0 saturated heterocycles. The first-order valence-corrected chi connectivity index (χ1v) is 4.49. The Morgan fingerprint density at radius 2 is 2.14 bits per heavy atom. The molecule has 0 fully saturated rings. The largest absolute Gasteiger partial charge is 0.465 e. The molecule has 1 amide bonds. The Labute approximate surface area is 83.1 Å². The van der Waals surface area contributed by atoms with Gasteiger partial charge in [-0.1, -0.05) is 0 Å². The molecule has 0 spiro atoms. The summed E-state index contributed by atoms with van der Waals surface area (Å²) in [4.78, 5) is 21.8. The highest BCUT2D eigenvalue weighted by Crippen LogP contribution is 1.98. The van der Waals surface area contributed by atoms with Gasteiger partial charge in [0.05, 0.1) is 6.61 Å². The summed E-state index contributed by atoms with van der Waals surface area (Å²) >= 11 is 0. The molecule has 1 atom stereocenters. The molecule has 0 rings (SSSR count). The molecule has 0 aromatic heterocycles. The highest BCUT2D eigenvalue weighted by molar-refractivity contribution is 5.78. The second kappa shape index (κ2) is 7.28. The van der Waals surface area contributed by atoms with Crippen LogP contribution in [0.3, 0.4) is 0 Å². The van der Waals surface area contributed by atoms with Gasteiger partial charge in [0.25, 0.3) is 0 Å². The molecule has 0 aliphatic carbocycles. The average molecular weight is 203 g/mol. The smallest absolute Gasteiger partial charge is 0.324 e. The third-order valence-electron chi connectivity index (χ3n) is 1.57. The third kappa shape index (κ3) is 5.50. The lowest BCUT2D eigenvalue weighted by Crippen LogP contribution is -2.45. The standard InChI is InChI=1S/C8H17N3O3/c1-3-14-8(13)6(11-10-2)4-5-7(9)12/h6,10-11H,3-5H2,1-2H3,(H2,9,12)/t6-/m0/s1. The molecule has 14 heavy (non-hydrogen) atoms. The number of ether oxygens (including phenoxy) is 1. The highest BCUT2D eigenvalue weighted by Gasteiger charge is 2.18. The van der Waals surface area contributed by atoms with Crippen LogP contribution in [0.2, 0.25) is 0 Å². The zero-order valence-electron chi connectivity index (χ0n) is 8.50. The van der Waals surface area contributed by atoms with E-state index in [2.05, 4.69) is 10.9 Å². The van der Waals surface area contributed by atoms with Crippen LogP contribution in [0.1, 0.15) is 19.8 Å². The monoisotopic (exact) mass is 203 g/mol. The Bertz CT molecular complexity index is 196. The number of hydrazine groups is 1. The van der Waals surface area contributed by atoms with Crippen molar-refractivity contribution in [1.82, 2.24) is 10.9 Å². The maximum absolute atomic E-state index is 11.3. The molecule has 0 aliphatic rings. The van der Waals surface area contributed by atoms with Gasteiger partial charge in [-0.05, 0) is 20.4 Å². The summed E-state index contributed by atoms with van der Waals surface area (Å²) in [5.41, 5.74) is 10.3. The van der Waals surface area contributed by atoms with E-state index in [0.717, 1.165) is 0 Å². The molecule has 0 radical (unpaired) electrons. The molecule has 6 heteroatoms. The van der Waals surface area contributed by atoms with Gasteiger partial charge in [-0.25, -0.2) is 5.43 Å². The molecule has 6 nitrogen and oxygen atoms in total. The second-order valence-electron chi connectivity index (χ2n) is 2.70. The van der Waals surface area contributed by atoms with Gasteiger partial charge in [-0.2, -0.15) is 0 Å². The molecule has 0 bridgehead atoms. The van der Waals surface area contributed by atoms with E-state index in [-0.39, 0.29) is 12.4 Å². The summed E-state index contributed by atoms with van der Waals surface area (Å²) in [6, 6.07) is -0.535. The summed E-state index contributed by atoms with van der Waals surface area (Å²) in [5.74, 6) is -0.819. The average Bonchev–Trinajstić information content (AvgIpc) is 2.12. The number of carbonyl (C=O) groups is 2. The lowest BCUT2D eigenvalue weighted by Gasteiger charge is -2.15. The van der Waals surface area contributed by atoms with E-state index in [1.54, 1.807) is 14.0 Å². The number of rotatable bonds is 7. The predicted molar refractivity (Wildman–Crippen MR) is 51.0 cm³/mol. The van der Waals surface area contributed by atoms with Gasteiger partial charge in [-0.15, -0.1) is 0 Å². The molecule has 0 aromatic rings. The van der Waals surface area contributed by atoms with Crippen molar-refractivity contribution in [3.8, 4) is 0 Å². The van der Waals surface area contributed by atoms with Crippen LogP contribution in [0.25, 0.3) is 0 Å². The zero-order valence-corrected chi connectivity index (χ0v) is 8.50. The van der Waals surface area contributed by atoms with Crippen LogP contribution < -0.4 is 16.6 Å². The molecule has 0 heterocycles. The first-order valence-electron chi connectivity index (χ1n) is 4.49. The van der Waals surface area contributed by atoms with E-state index in [4.69, 9.17) is 10.5 Å². The lowest BCUT2D eigenvalue weighted by molar-refractivity contribution is -0.146. The van der Waals surface area contributed by atoms with Gasteiger partial charge in [0, 0.05) is 6.42 Å². The molecule has 0 saturated carbocycles. The van der Waals surface area contributed by atoms with E-state index in [1.165, 1.54) is 0 Å². The van der Waals surface area contributed by atoms with Crippen molar-refractivity contribution in [1.29, 1.82) is 0 Å². The molecule has 82 valence electrons. The quantitative estimate of drug-likeness (QED) is 0.361. The van der Waals surface area contributed by atoms with Crippen molar-refractivity contribution in [3.05, 3.63) is 0 Å².